The second kappa shape index (κ2) is 14.1. The summed E-state index contributed by atoms with van der Waals surface area (Å²) in [4.78, 5) is 30.3. The minimum absolute atomic E-state index is 0.0826. The summed E-state index contributed by atoms with van der Waals surface area (Å²) in [6.45, 7) is 15.9. The van der Waals surface area contributed by atoms with E-state index in [1.165, 1.54) is 36.4 Å². The maximum Gasteiger partial charge on any atom is 0.340 e. The van der Waals surface area contributed by atoms with Crippen LogP contribution in [0.5, 0.6) is 0 Å². The standard InChI is InChI=1S/C30H42F2N2O4/c1-19(2)27(20(3)4)33(25-13-9-23(31)10-14-25)17-18-34(26-15-11-24(32)12-16-26)28(29(35)37-21(5)6)30(36)38-22(7)8/h9-16,19-22,27-28H,17-18H2,1-8H3. The molecule has 8 heteroatoms. The Bertz CT molecular complexity index is 994. The molecule has 0 N–H and O–H groups in total. The lowest BCUT2D eigenvalue weighted by atomic mass is 9.91. The summed E-state index contributed by atoms with van der Waals surface area (Å²) in [6.07, 6.45) is -0.900. The van der Waals surface area contributed by atoms with Crippen LogP contribution in [0.25, 0.3) is 0 Å². The van der Waals surface area contributed by atoms with E-state index in [1.807, 2.05) is 0 Å². The third-order valence-corrected chi connectivity index (χ3v) is 6.09. The number of nitrogens with zero attached hydrogens (tertiary/aromatic N) is 2. The summed E-state index contributed by atoms with van der Waals surface area (Å²) < 4.78 is 38.5. The van der Waals surface area contributed by atoms with Crippen LogP contribution < -0.4 is 9.80 Å². The molecule has 0 amide bonds. The van der Waals surface area contributed by atoms with Gasteiger partial charge < -0.3 is 19.3 Å². The van der Waals surface area contributed by atoms with Gasteiger partial charge in [0.05, 0.1) is 12.2 Å². The van der Waals surface area contributed by atoms with Crippen molar-refractivity contribution in [1.82, 2.24) is 0 Å². The Morgan fingerprint density at radius 1 is 0.632 bits per heavy atom. The predicted molar refractivity (Wildman–Crippen MR) is 147 cm³/mol. The van der Waals surface area contributed by atoms with Crippen LogP contribution in [0.4, 0.5) is 20.2 Å². The van der Waals surface area contributed by atoms with Gasteiger partial charge in [0.15, 0.2) is 0 Å². The van der Waals surface area contributed by atoms with E-state index in [-0.39, 0.29) is 30.2 Å². The monoisotopic (exact) mass is 532 g/mol. The minimum Gasteiger partial charge on any atom is -0.461 e. The van der Waals surface area contributed by atoms with Crippen molar-refractivity contribution in [2.45, 2.75) is 79.7 Å². The second-order valence-corrected chi connectivity index (χ2v) is 10.7. The van der Waals surface area contributed by atoms with Crippen molar-refractivity contribution in [3.8, 4) is 0 Å². The molecule has 0 aliphatic heterocycles. The van der Waals surface area contributed by atoms with Crippen molar-refractivity contribution in [3.05, 3.63) is 60.2 Å². The number of benzene rings is 2. The first kappa shape index (κ1) is 31.1. The number of anilines is 2. The van der Waals surface area contributed by atoms with Crippen LogP contribution in [0.3, 0.4) is 0 Å². The molecule has 0 radical (unpaired) electrons. The summed E-state index contributed by atoms with van der Waals surface area (Å²) in [7, 11) is 0. The molecule has 2 aromatic rings. The Balaban J connectivity index is 2.57. The highest BCUT2D eigenvalue weighted by molar-refractivity contribution is 6.02. The van der Waals surface area contributed by atoms with E-state index in [2.05, 4.69) is 32.6 Å². The molecule has 0 aliphatic carbocycles. The molecule has 0 aliphatic rings. The molecular formula is C30H42F2N2O4. The van der Waals surface area contributed by atoms with Crippen LogP contribution in [-0.4, -0.2) is 49.3 Å². The van der Waals surface area contributed by atoms with Crippen molar-refractivity contribution < 1.29 is 27.8 Å². The lowest BCUT2D eigenvalue weighted by molar-refractivity contribution is -0.161. The normalized spacial score (nSPS) is 11.7. The SMILES string of the molecule is CC(C)OC(=O)C(C(=O)OC(C)C)N(CCN(c1ccc(F)cc1)C(C(C)C)C(C)C)c1ccc(F)cc1. The third-order valence-electron chi connectivity index (χ3n) is 6.09. The number of carbonyl (C=O) groups is 2. The van der Waals surface area contributed by atoms with Gasteiger partial charge in [0.2, 0.25) is 6.04 Å². The van der Waals surface area contributed by atoms with E-state index in [0.717, 1.165) is 5.69 Å². The number of esters is 2. The van der Waals surface area contributed by atoms with E-state index in [0.29, 0.717) is 12.2 Å². The lowest BCUT2D eigenvalue weighted by Crippen LogP contribution is -2.53. The van der Waals surface area contributed by atoms with Crippen molar-refractivity contribution in [2.75, 3.05) is 22.9 Å². The number of hydrogen-bond acceptors (Lipinski definition) is 6. The zero-order valence-corrected chi connectivity index (χ0v) is 23.8. The van der Waals surface area contributed by atoms with Gasteiger partial charge in [-0.25, -0.2) is 18.4 Å². The number of carbonyl (C=O) groups excluding carboxylic acids is 2. The smallest absolute Gasteiger partial charge is 0.340 e. The van der Waals surface area contributed by atoms with Gasteiger partial charge in [-0.3, -0.25) is 0 Å². The fraction of sp³-hybridized carbons (Fsp3) is 0.533. The molecule has 0 aromatic heterocycles. The van der Waals surface area contributed by atoms with Gasteiger partial charge in [0, 0.05) is 30.5 Å². The summed E-state index contributed by atoms with van der Waals surface area (Å²) in [5.74, 6) is -1.74. The van der Waals surface area contributed by atoms with Crippen molar-refractivity contribution in [3.63, 3.8) is 0 Å². The average molecular weight is 533 g/mol. The van der Waals surface area contributed by atoms with E-state index >= 15 is 0 Å². The van der Waals surface area contributed by atoms with Crippen molar-refractivity contribution >= 4 is 23.3 Å². The van der Waals surface area contributed by atoms with Crippen LogP contribution in [0.15, 0.2) is 48.5 Å². The van der Waals surface area contributed by atoms with Crippen LogP contribution in [-0.2, 0) is 19.1 Å². The van der Waals surface area contributed by atoms with Crippen LogP contribution in [0, 0.1) is 23.5 Å². The molecule has 2 aromatic carbocycles. The summed E-state index contributed by atoms with van der Waals surface area (Å²) in [5, 5.41) is 0. The van der Waals surface area contributed by atoms with Gasteiger partial charge in [0.1, 0.15) is 11.6 Å². The second-order valence-electron chi connectivity index (χ2n) is 10.7. The molecule has 0 saturated carbocycles. The zero-order chi connectivity index (χ0) is 28.6. The largest absolute Gasteiger partial charge is 0.461 e. The Labute approximate surface area is 225 Å². The fourth-order valence-corrected chi connectivity index (χ4v) is 4.77. The Kier molecular flexibility index (Phi) is 11.5. The van der Waals surface area contributed by atoms with Crippen molar-refractivity contribution in [1.29, 1.82) is 0 Å². The molecule has 0 fully saturated rings. The van der Waals surface area contributed by atoms with E-state index < -0.39 is 36.0 Å². The first-order chi connectivity index (χ1) is 17.8. The van der Waals surface area contributed by atoms with Crippen LogP contribution >= 0.6 is 0 Å². The average Bonchev–Trinajstić information content (AvgIpc) is 2.80. The van der Waals surface area contributed by atoms with Gasteiger partial charge >= 0.3 is 11.9 Å². The Hall–Kier alpha value is -3.16. The van der Waals surface area contributed by atoms with Gasteiger partial charge in [-0.15, -0.1) is 0 Å². The van der Waals surface area contributed by atoms with E-state index in [1.54, 1.807) is 44.7 Å². The van der Waals surface area contributed by atoms with Gasteiger partial charge in [-0.1, -0.05) is 27.7 Å². The summed E-state index contributed by atoms with van der Waals surface area (Å²) in [6, 6.07) is 10.6. The van der Waals surface area contributed by atoms with Gasteiger partial charge in [0.25, 0.3) is 0 Å². The molecule has 0 unspecified atom stereocenters. The molecule has 210 valence electrons. The van der Waals surface area contributed by atoms with Gasteiger partial charge in [-0.2, -0.15) is 0 Å². The number of hydrogen-bond donors (Lipinski definition) is 0. The highest BCUT2D eigenvalue weighted by Crippen LogP contribution is 2.28. The quantitative estimate of drug-likeness (QED) is 0.225. The predicted octanol–water partition coefficient (Wildman–Crippen LogP) is 6.23. The van der Waals surface area contributed by atoms with E-state index in [9.17, 15) is 18.4 Å². The molecule has 2 rings (SSSR count). The Morgan fingerprint density at radius 3 is 1.32 bits per heavy atom. The fourth-order valence-electron chi connectivity index (χ4n) is 4.77. The maximum atomic E-state index is 13.8. The van der Waals surface area contributed by atoms with Crippen LogP contribution in [0.1, 0.15) is 55.4 Å². The zero-order valence-electron chi connectivity index (χ0n) is 23.8. The molecule has 38 heavy (non-hydrogen) atoms. The molecule has 0 bridgehead atoms. The number of ether oxygens (including phenoxy) is 2. The van der Waals surface area contributed by atoms with Gasteiger partial charge in [-0.05, 0) is 88.1 Å². The van der Waals surface area contributed by atoms with E-state index in [4.69, 9.17) is 9.47 Å². The molecule has 0 saturated heterocycles. The topological polar surface area (TPSA) is 59.1 Å². The molecule has 0 spiro atoms. The molecular weight excluding hydrogens is 490 g/mol. The highest BCUT2D eigenvalue weighted by Gasteiger charge is 2.38. The number of rotatable bonds is 13. The summed E-state index contributed by atoms with van der Waals surface area (Å²) >= 11 is 0. The number of halogens is 2. The molecule has 6 nitrogen and oxygen atoms in total. The maximum absolute atomic E-state index is 13.8. The summed E-state index contributed by atoms with van der Waals surface area (Å²) in [5.41, 5.74) is 1.30. The lowest BCUT2D eigenvalue weighted by Gasteiger charge is -2.41. The van der Waals surface area contributed by atoms with Crippen molar-refractivity contribution in [2.24, 2.45) is 11.8 Å². The van der Waals surface area contributed by atoms with Crippen LogP contribution in [0.2, 0.25) is 0 Å². The first-order valence-electron chi connectivity index (χ1n) is 13.3. The minimum atomic E-state index is -1.39. The Morgan fingerprint density at radius 2 is 0.974 bits per heavy atom. The highest BCUT2D eigenvalue weighted by atomic mass is 19.1. The molecule has 0 atom stereocenters. The first-order valence-corrected chi connectivity index (χ1v) is 13.3. The molecule has 0 heterocycles. The third kappa shape index (κ3) is 8.71.